The van der Waals surface area contributed by atoms with Crippen molar-refractivity contribution in [1.82, 2.24) is 19.9 Å². The third-order valence-electron chi connectivity index (χ3n) is 5.90. The minimum Gasteiger partial charge on any atom is -0.310 e. The Kier molecular flexibility index (Phi) is 6.02. The fourth-order valence-electron chi connectivity index (χ4n) is 4.26. The van der Waals surface area contributed by atoms with Crippen molar-refractivity contribution in [2.24, 2.45) is 5.92 Å². The lowest BCUT2D eigenvalue weighted by Gasteiger charge is -2.31. The lowest BCUT2D eigenvalue weighted by atomic mass is 9.97. The molecule has 4 heterocycles. The molecule has 3 aromatic heterocycles. The van der Waals surface area contributed by atoms with Crippen LogP contribution < -0.4 is 10.9 Å². The van der Waals surface area contributed by atoms with Crippen molar-refractivity contribution in [2.45, 2.75) is 26.3 Å². The summed E-state index contributed by atoms with van der Waals surface area (Å²) in [4.78, 5) is 41.5. The largest absolute Gasteiger partial charge is 0.310 e. The van der Waals surface area contributed by atoms with Crippen LogP contribution in [-0.2, 0) is 11.3 Å². The Morgan fingerprint density at radius 2 is 2.03 bits per heavy atom. The second kappa shape index (κ2) is 9.25. The van der Waals surface area contributed by atoms with Crippen LogP contribution in [0.5, 0.6) is 0 Å². The molecule has 1 aromatic carbocycles. The second-order valence-corrected chi connectivity index (χ2v) is 9.47. The summed E-state index contributed by atoms with van der Waals surface area (Å²) in [5.41, 5.74) is 1.83. The quantitative estimate of drug-likeness (QED) is 0.467. The number of likely N-dealkylation sites (tertiary alicyclic amines) is 1. The molecule has 33 heavy (non-hydrogen) atoms. The molecule has 7 nitrogen and oxygen atoms in total. The molecule has 0 saturated carbocycles. The third kappa shape index (κ3) is 4.86. The molecule has 1 fully saturated rings. The van der Waals surface area contributed by atoms with E-state index in [0.29, 0.717) is 30.1 Å². The number of rotatable bonds is 5. The second-order valence-electron chi connectivity index (χ2n) is 8.44. The molecule has 1 amide bonds. The number of amides is 1. The molecule has 1 aliphatic rings. The highest BCUT2D eigenvalue weighted by Crippen LogP contribution is 2.31. The Morgan fingerprint density at radius 1 is 1.18 bits per heavy atom. The molecule has 1 unspecified atom stereocenters. The molecular formula is C25H25N5O2S. The number of nitrogens with zero attached hydrogens (tertiary/aromatic N) is 3. The topological polar surface area (TPSA) is 91.0 Å². The number of aromatic amines is 1. The number of hydrogen-bond acceptors (Lipinski definition) is 6. The van der Waals surface area contributed by atoms with Crippen molar-refractivity contribution in [3.05, 3.63) is 76.5 Å². The van der Waals surface area contributed by atoms with E-state index in [9.17, 15) is 9.59 Å². The summed E-state index contributed by atoms with van der Waals surface area (Å²) in [7, 11) is 0. The number of fused-ring (bicyclic) bond motifs is 1. The number of carbonyl (C=O) groups is 1. The Hall–Kier alpha value is -3.36. The molecule has 1 saturated heterocycles. The number of benzene rings is 1. The standard InChI is InChI=1S/C25H25N5O2S/c1-16-7-5-11-21(26-16)27-23(31)18-10-6-12-30(14-18)15-22-28-24(32)19-13-20(33-25(19)29-22)17-8-3-2-4-9-17/h2-5,7-9,11,13,18H,6,10,12,14-15H2,1H3,(H,26,27,31)(H,28,29,32). The maximum Gasteiger partial charge on any atom is 0.259 e. The molecule has 5 rings (SSSR count). The zero-order valence-corrected chi connectivity index (χ0v) is 19.2. The predicted molar refractivity (Wildman–Crippen MR) is 131 cm³/mol. The van der Waals surface area contributed by atoms with Crippen LogP contribution in [0, 0.1) is 12.8 Å². The van der Waals surface area contributed by atoms with Gasteiger partial charge < -0.3 is 10.3 Å². The molecule has 0 radical (unpaired) electrons. The average Bonchev–Trinajstić information content (AvgIpc) is 3.25. The van der Waals surface area contributed by atoms with Gasteiger partial charge in [-0.1, -0.05) is 36.4 Å². The minimum absolute atomic E-state index is 0.0135. The van der Waals surface area contributed by atoms with Crippen LogP contribution >= 0.6 is 11.3 Å². The minimum atomic E-state index is -0.122. The van der Waals surface area contributed by atoms with Crippen molar-refractivity contribution in [2.75, 3.05) is 18.4 Å². The van der Waals surface area contributed by atoms with Crippen molar-refractivity contribution >= 4 is 33.3 Å². The number of nitrogens with one attached hydrogen (secondary N) is 2. The highest BCUT2D eigenvalue weighted by molar-refractivity contribution is 7.21. The molecule has 2 N–H and O–H groups in total. The molecule has 8 heteroatoms. The summed E-state index contributed by atoms with van der Waals surface area (Å²) >= 11 is 1.53. The monoisotopic (exact) mass is 459 g/mol. The maximum absolute atomic E-state index is 12.8. The Bertz CT molecular complexity index is 1350. The van der Waals surface area contributed by atoms with E-state index in [4.69, 9.17) is 4.98 Å². The first-order valence-corrected chi connectivity index (χ1v) is 11.9. The zero-order chi connectivity index (χ0) is 22.8. The molecular weight excluding hydrogens is 434 g/mol. The number of piperidine rings is 1. The van der Waals surface area contributed by atoms with Gasteiger partial charge in [0, 0.05) is 17.1 Å². The van der Waals surface area contributed by atoms with Crippen LogP contribution in [0.25, 0.3) is 20.7 Å². The highest BCUT2D eigenvalue weighted by atomic mass is 32.1. The van der Waals surface area contributed by atoms with Gasteiger partial charge in [0.25, 0.3) is 5.56 Å². The summed E-state index contributed by atoms with van der Waals surface area (Å²) in [5, 5.41) is 3.55. The van der Waals surface area contributed by atoms with E-state index < -0.39 is 0 Å². The molecule has 1 aliphatic heterocycles. The van der Waals surface area contributed by atoms with Gasteiger partial charge in [-0.2, -0.15) is 0 Å². The van der Waals surface area contributed by atoms with Gasteiger partial charge >= 0.3 is 0 Å². The predicted octanol–water partition coefficient (Wildman–Crippen LogP) is 4.21. The summed E-state index contributed by atoms with van der Waals surface area (Å²) < 4.78 is 0. The number of H-pyrrole nitrogens is 1. The zero-order valence-electron chi connectivity index (χ0n) is 18.4. The average molecular weight is 460 g/mol. The van der Waals surface area contributed by atoms with Gasteiger partial charge in [-0.15, -0.1) is 11.3 Å². The van der Waals surface area contributed by atoms with Crippen molar-refractivity contribution in [1.29, 1.82) is 0 Å². The Labute approximate surface area is 195 Å². The van der Waals surface area contributed by atoms with E-state index >= 15 is 0 Å². The normalized spacial score (nSPS) is 16.7. The van der Waals surface area contributed by atoms with Gasteiger partial charge in [-0.25, -0.2) is 9.97 Å². The molecule has 0 aliphatic carbocycles. The first-order valence-electron chi connectivity index (χ1n) is 11.1. The van der Waals surface area contributed by atoms with Crippen LogP contribution in [0.4, 0.5) is 5.82 Å². The summed E-state index contributed by atoms with van der Waals surface area (Å²) in [6.45, 7) is 3.91. The number of thiophene rings is 1. The van der Waals surface area contributed by atoms with Crippen LogP contribution in [0.1, 0.15) is 24.4 Å². The number of pyridine rings is 1. The third-order valence-corrected chi connectivity index (χ3v) is 6.98. The van der Waals surface area contributed by atoms with E-state index in [1.807, 2.05) is 55.5 Å². The van der Waals surface area contributed by atoms with Crippen molar-refractivity contribution in [3.63, 3.8) is 0 Å². The van der Waals surface area contributed by atoms with Gasteiger partial charge in [0.1, 0.15) is 16.5 Å². The van der Waals surface area contributed by atoms with E-state index in [2.05, 4.69) is 20.2 Å². The van der Waals surface area contributed by atoms with Gasteiger partial charge in [-0.3, -0.25) is 14.5 Å². The van der Waals surface area contributed by atoms with Gasteiger partial charge in [0.15, 0.2) is 0 Å². The fraction of sp³-hybridized carbons (Fsp3) is 0.280. The molecule has 4 aromatic rings. The van der Waals surface area contributed by atoms with Crippen molar-refractivity contribution < 1.29 is 4.79 Å². The van der Waals surface area contributed by atoms with Gasteiger partial charge in [0.2, 0.25) is 5.91 Å². The number of hydrogen-bond donors (Lipinski definition) is 2. The molecule has 0 spiro atoms. The number of anilines is 1. The summed E-state index contributed by atoms with van der Waals surface area (Å²) in [6, 6.07) is 17.5. The van der Waals surface area contributed by atoms with Gasteiger partial charge in [0.05, 0.1) is 17.8 Å². The lowest BCUT2D eigenvalue weighted by molar-refractivity contribution is -0.121. The van der Waals surface area contributed by atoms with E-state index in [1.165, 1.54) is 11.3 Å². The van der Waals surface area contributed by atoms with E-state index in [0.717, 1.165) is 40.4 Å². The fourth-order valence-corrected chi connectivity index (χ4v) is 5.32. The smallest absolute Gasteiger partial charge is 0.259 e. The first kappa shape index (κ1) is 21.5. The lowest BCUT2D eigenvalue weighted by Crippen LogP contribution is -2.40. The number of aromatic nitrogens is 3. The maximum atomic E-state index is 12.8. The van der Waals surface area contributed by atoms with E-state index in [-0.39, 0.29) is 17.4 Å². The first-order chi connectivity index (χ1) is 16.0. The van der Waals surface area contributed by atoms with Gasteiger partial charge in [-0.05, 0) is 50.1 Å². The highest BCUT2D eigenvalue weighted by Gasteiger charge is 2.26. The number of aryl methyl sites for hydroxylation is 1. The van der Waals surface area contributed by atoms with Crippen LogP contribution in [-0.4, -0.2) is 38.8 Å². The Balaban J connectivity index is 1.29. The number of carbonyl (C=O) groups excluding carboxylic acids is 1. The van der Waals surface area contributed by atoms with Crippen LogP contribution in [0.15, 0.2) is 59.4 Å². The molecule has 168 valence electrons. The van der Waals surface area contributed by atoms with Crippen LogP contribution in [0.2, 0.25) is 0 Å². The van der Waals surface area contributed by atoms with Crippen molar-refractivity contribution in [3.8, 4) is 10.4 Å². The summed E-state index contributed by atoms with van der Waals surface area (Å²) in [6.07, 6.45) is 1.76. The summed E-state index contributed by atoms with van der Waals surface area (Å²) in [5.74, 6) is 1.08. The molecule has 1 atom stereocenters. The Morgan fingerprint density at radius 3 is 2.85 bits per heavy atom. The van der Waals surface area contributed by atoms with E-state index in [1.54, 1.807) is 6.07 Å². The SMILES string of the molecule is Cc1cccc(NC(=O)C2CCCN(Cc3nc4sc(-c5ccccc5)cc4c(=O)[nH]3)C2)n1. The molecule has 0 bridgehead atoms. The van der Waals surface area contributed by atoms with Crippen LogP contribution in [0.3, 0.4) is 0 Å².